The van der Waals surface area contributed by atoms with Gasteiger partial charge in [-0.05, 0) is 18.6 Å². The van der Waals surface area contributed by atoms with E-state index in [0.717, 1.165) is 16.9 Å². The molecule has 3 N–H and O–H groups in total. The van der Waals surface area contributed by atoms with Crippen LogP contribution in [0.25, 0.3) is 11.0 Å². The average Bonchev–Trinajstić information content (AvgIpc) is 2.67. The molecule has 17 heavy (non-hydrogen) atoms. The number of aliphatic hydroxyl groups is 1. The molecule has 1 aromatic carbocycles. The van der Waals surface area contributed by atoms with E-state index in [0.29, 0.717) is 12.8 Å². The maximum Gasteiger partial charge on any atom is 0.112 e. The molecule has 0 saturated heterocycles. The number of para-hydroxylation sites is 2. The van der Waals surface area contributed by atoms with Crippen LogP contribution < -0.4 is 5.73 Å². The van der Waals surface area contributed by atoms with Crippen molar-refractivity contribution in [2.75, 3.05) is 6.54 Å². The number of aryl methyl sites for hydroxylation is 1. The van der Waals surface area contributed by atoms with Gasteiger partial charge in [-0.1, -0.05) is 19.1 Å². The Bertz CT molecular complexity index is 514. The summed E-state index contributed by atoms with van der Waals surface area (Å²) in [6.45, 7) is 2.20. The van der Waals surface area contributed by atoms with Crippen molar-refractivity contribution in [1.82, 2.24) is 9.55 Å². The molecule has 0 fully saturated rings. The van der Waals surface area contributed by atoms with Gasteiger partial charge in [0.2, 0.25) is 0 Å². The summed E-state index contributed by atoms with van der Waals surface area (Å²) in [5.41, 5.74) is 6.81. The van der Waals surface area contributed by atoms with Crippen LogP contribution in [0.5, 0.6) is 0 Å². The standard InChI is InChI=1S/C13H19N3O/c1-3-13(17,9-14)8-12-15-10-6-4-5-7-11(10)16(12)2/h4-7,17H,3,8-9,14H2,1-2H3. The highest BCUT2D eigenvalue weighted by atomic mass is 16.3. The van der Waals surface area contributed by atoms with Crippen LogP contribution in [0, 0.1) is 0 Å². The molecular formula is C13H19N3O. The third-order valence-corrected chi connectivity index (χ3v) is 3.41. The Morgan fingerprint density at radius 2 is 2.12 bits per heavy atom. The Morgan fingerprint density at radius 3 is 2.71 bits per heavy atom. The van der Waals surface area contributed by atoms with E-state index in [1.165, 1.54) is 0 Å². The molecule has 1 aromatic heterocycles. The lowest BCUT2D eigenvalue weighted by Gasteiger charge is -2.24. The van der Waals surface area contributed by atoms with Crippen molar-refractivity contribution in [2.24, 2.45) is 12.8 Å². The summed E-state index contributed by atoms with van der Waals surface area (Å²) >= 11 is 0. The van der Waals surface area contributed by atoms with Gasteiger partial charge >= 0.3 is 0 Å². The number of rotatable bonds is 4. The molecule has 4 heteroatoms. The van der Waals surface area contributed by atoms with Gasteiger partial charge in [0.15, 0.2) is 0 Å². The Kier molecular flexibility index (Phi) is 3.17. The molecule has 0 aliphatic carbocycles. The number of aromatic nitrogens is 2. The quantitative estimate of drug-likeness (QED) is 0.834. The van der Waals surface area contributed by atoms with Crippen molar-refractivity contribution in [3.05, 3.63) is 30.1 Å². The Labute approximate surface area is 101 Å². The van der Waals surface area contributed by atoms with Crippen LogP contribution in [-0.4, -0.2) is 26.8 Å². The second-order valence-electron chi connectivity index (χ2n) is 4.53. The lowest BCUT2D eigenvalue weighted by Crippen LogP contribution is -2.40. The molecule has 1 unspecified atom stereocenters. The van der Waals surface area contributed by atoms with Crippen molar-refractivity contribution < 1.29 is 5.11 Å². The van der Waals surface area contributed by atoms with Crippen LogP contribution in [0.1, 0.15) is 19.2 Å². The zero-order chi connectivity index (χ0) is 12.5. The number of benzene rings is 1. The van der Waals surface area contributed by atoms with E-state index in [1.54, 1.807) is 0 Å². The molecule has 0 aliphatic heterocycles. The molecule has 4 nitrogen and oxygen atoms in total. The summed E-state index contributed by atoms with van der Waals surface area (Å²) in [4.78, 5) is 4.54. The summed E-state index contributed by atoms with van der Waals surface area (Å²) in [5.74, 6) is 0.876. The van der Waals surface area contributed by atoms with Gasteiger partial charge in [0.05, 0.1) is 16.6 Å². The first-order valence-electron chi connectivity index (χ1n) is 5.92. The van der Waals surface area contributed by atoms with E-state index in [1.807, 2.05) is 42.8 Å². The summed E-state index contributed by atoms with van der Waals surface area (Å²) in [6.07, 6.45) is 1.12. The molecule has 0 saturated carbocycles. The molecule has 0 bridgehead atoms. The number of imidazole rings is 1. The van der Waals surface area contributed by atoms with Crippen LogP contribution in [0.4, 0.5) is 0 Å². The van der Waals surface area contributed by atoms with Gasteiger partial charge in [0, 0.05) is 20.0 Å². The molecule has 1 heterocycles. The summed E-state index contributed by atoms with van der Waals surface area (Å²) in [7, 11) is 1.97. The van der Waals surface area contributed by atoms with E-state index < -0.39 is 5.60 Å². The zero-order valence-corrected chi connectivity index (χ0v) is 10.3. The van der Waals surface area contributed by atoms with Crippen molar-refractivity contribution >= 4 is 11.0 Å². The third kappa shape index (κ3) is 2.18. The summed E-state index contributed by atoms with van der Waals surface area (Å²) < 4.78 is 2.02. The number of hydrogen-bond acceptors (Lipinski definition) is 3. The monoisotopic (exact) mass is 233 g/mol. The number of nitrogens with zero attached hydrogens (tertiary/aromatic N) is 2. The van der Waals surface area contributed by atoms with Crippen molar-refractivity contribution in [2.45, 2.75) is 25.4 Å². The molecule has 2 aromatic rings. The van der Waals surface area contributed by atoms with Gasteiger partial charge in [-0.2, -0.15) is 0 Å². The maximum atomic E-state index is 10.3. The van der Waals surface area contributed by atoms with Crippen LogP contribution in [0.2, 0.25) is 0 Å². The largest absolute Gasteiger partial charge is 0.388 e. The fourth-order valence-electron chi connectivity index (χ4n) is 1.99. The molecule has 1 atom stereocenters. The average molecular weight is 233 g/mol. The number of nitrogens with two attached hydrogens (primary N) is 1. The predicted octanol–water partition coefficient (Wildman–Crippen LogP) is 1.22. The first-order valence-corrected chi connectivity index (χ1v) is 5.92. The van der Waals surface area contributed by atoms with Crippen LogP contribution in [0.15, 0.2) is 24.3 Å². The number of fused-ring (bicyclic) bond motifs is 1. The van der Waals surface area contributed by atoms with Gasteiger partial charge in [-0.15, -0.1) is 0 Å². The second kappa shape index (κ2) is 4.47. The fraction of sp³-hybridized carbons (Fsp3) is 0.462. The van der Waals surface area contributed by atoms with E-state index in [9.17, 15) is 5.11 Å². The Balaban J connectivity index is 2.39. The first-order chi connectivity index (χ1) is 8.09. The van der Waals surface area contributed by atoms with Gasteiger partial charge < -0.3 is 15.4 Å². The highest BCUT2D eigenvalue weighted by Gasteiger charge is 2.25. The van der Waals surface area contributed by atoms with Crippen LogP contribution >= 0.6 is 0 Å². The molecule has 0 aliphatic rings. The highest BCUT2D eigenvalue weighted by Crippen LogP contribution is 2.20. The molecule has 0 radical (unpaired) electrons. The minimum absolute atomic E-state index is 0.257. The Hall–Kier alpha value is -1.39. The van der Waals surface area contributed by atoms with Gasteiger partial charge in [0.1, 0.15) is 5.82 Å². The lowest BCUT2D eigenvalue weighted by atomic mass is 9.96. The zero-order valence-electron chi connectivity index (χ0n) is 10.3. The SMILES string of the molecule is CCC(O)(CN)Cc1nc2ccccc2n1C. The normalized spacial score (nSPS) is 15.1. The maximum absolute atomic E-state index is 10.3. The molecule has 0 amide bonds. The van der Waals surface area contributed by atoms with Gasteiger partial charge in [0.25, 0.3) is 0 Å². The third-order valence-electron chi connectivity index (χ3n) is 3.41. The van der Waals surface area contributed by atoms with Crippen molar-refractivity contribution in [3.8, 4) is 0 Å². The van der Waals surface area contributed by atoms with Gasteiger partial charge in [-0.3, -0.25) is 0 Å². The van der Waals surface area contributed by atoms with Gasteiger partial charge in [-0.25, -0.2) is 4.98 Å². The van der Waals surface area contributed by atoms with E-state index in [-0.39, 0.29) is 6.54 Å². The van der Waals surface area contributed by atoms with Crippen molar-refractivity contribution in [3.63, 3.8) is 0 Å². The summed E-state index contributed by atoms with van der Waals surface area (Å²) in [6, 6.07) is 7.96. The first kappa shape index (κ1) is 12.1. The van der Waals surface area contributed by atoms with Crippen LogP contribution in [0.3, 0.4) is 0 Å². The highest BCUT2D eigenvalue weighted by molar-refractivity contribution is 5.75. The van der Waals surface area contributed by atoms with Crippen LogP contribution in [-0.2, 0) is 13.5 Å². The minimum atomic E-state index is -0.852. The molecule has 92 valence electrons. The molecular weight excluding hydrogens is 214 g/mol. The van der Waals surface area contributed by atoms with Crippen molar-refractivity contribution in [1.29, 1.82) is 0 Å². The van der Waals surface area contributed by atoms with E-state index in [2.05, 4.69) is 4.98 Å². The lowest BCUT2D eigenvalue weighted by molar-refractivity contribution is 0.0431. The van der Waals surface area contributed by atoms with E-state index in [4.69, 9.17) is 5.73 Å². The second-order valence-corrected chi connectivity index (χ2v) is 4.53. The summed E-state index contributed by atoms with van der Waals surface area (Å²) in [5, 5.41) is 10.3. The Morgan fingerprint density at radius 1 is 1.41 bits per heavy atom. The molecule has 0 spiro atoms. The minimum Gasteiger partial charge on any atom is -0.388 e. The predicted molar refractivity (Wildman–Crippen MR) is 68.7 cm³/mol. The number of hydrogen-bond donors (Lipinski definition) is 2. The van der Waals surface area contributed by atoms with E-state index >= 15 is 0 Å². The smallest absolute Gasteiger partial charge is 0.112 e. The molecule has 2 rings (SSSR count). The fourth-order valence-corrected chi connectivity index (χ4v) is 1.99. The topological polar surface area (TPSA) is 64.1 Å².